The summed E-state index contributed by atoms with van der Waals surface area (Å²) in [6, 6.07) is 2.42. The van der Waals surface area contributed by atoms with Gasteiger partial charge in [0.1, 0.15) is 11.7 Å². The van der Waals surface area contributed by atoms with E-state index in [4.69, 9.17) is 11.6 Å². The summed E-state index contributed by atoms with van der Waals surface area (Å²) in [6.07, 6.45) is 1.45. The molecule has 0 bridgehead atoms. The molecule has 1 heterocycles. The molecule has 0 radical (unpaired) electrons. The highest BCUT2D eigenvalue weighted by Crippen LogP contribution is 2.07. The van der Waals surface area contributed by atoms with Crippen LogP contribution in [0.2, 0.25) is 5.02 Å². The SMILES string of the molecule is CC(C)CNC(=O)C(C)NC(=O)c1cc(Cl)ccn1. The lowest BCUT2D eigenvalue weighted by molar-refractivity contribution is -0.122. The van der Waals surface area contributed by atoms with Crippen molar-refractivity contribution >= 4 is 23.4 Å². The van der Waals surface area contributed by atoms with Crippen LogP contribution in [-0.2, 0) is 4.79 Å². The Morgan fingerprint density at radius 3 is 2.63 bits per heavy atom. The highest BCUT2D eigenvalue weighted by atomic mass is 35.5. The molecule has 2 N–H and O–H groups in total. The number of rotatable bonds is 5. The van der Waals surface area contributed by atoms with Gasteiger partial charge in [0.05, 0.1) is 0 Å². The molecule has 104 valence electrons. The number of carbonyl (C=O) groups is 2. The van der Waals surface area contributed by atoms with Crippen molar-refractivity contribution in [3.8, 4) is 0 Å². The van der Waals surface area contributed by atoms with Crippen molar-refractivity contribution in [2.45, 2.75) is 26.8 Å². The number of carbonyl (C=O) groups excluding carboxylic acids is 2. The zero-order chi connectivity index (χ0) is 14.4. The maximum Gasteiger partial charge on any atom is 0.270 e. The summed E-state index contributed by atoms with van der Waals surface area (Å²) in [5.41, 5.74) is 0.191. The highest BCUT2D eigenvalue weighted by molar-refractivity contribution is 6.30. The molecule has 5 nitrogen and oxygen atoms in total. The van der Waals surface area contributed by atoms with Gasteiger partial charge in [0, 0.05) is 17.8 Å². The van der Waals surface area contributed by atoms with Crippen molar-refractivity contribution in [2.75, 3.05) is 6.54 Å². The Morgan fingerprint density at radius 1 is 1.37 bits per heavy atom. The third-order valence-corrected chi connectivity index (χ3v) is 2.62. The molecule has 1 aromatic rings. The number of halogens is 1. The van der Waals surface area contributed by atoms with E-state index in [0.717, 1.165) is 0 Å². The van der Waals surface area contributed by atoms with Gasteiger partial charge in [-0.05, 0) is 25.0 Å². The molecule has 0 saturated heterocycles. The molecule has 1 rings (SSSR count). The van der Waals surface area contributed by atoms with Crippen molar-refractivity contribution in [1.82, 2.24) is 15.6 Å². The van der Waals surface area contributed by atoms with Crippen molar-refractivity contribution in [1.29, 1.82) is 0 Å². The molecule has 0 aliphatic heterocycles. The zero-order valence-corrected chi connectivity index (χ0v) is 12.0. The first-order chi connectivity index (χ1) is 8.90. The van der Waals surface area contributed by atoms with E-state index < -0.39 is 11.9 Å². The maximum atomic E-state index is 11.8. The van der Waals surface area contributed by atoms with Gasteiger partial charge in [-0.3, -0.25) is 14.6 Å². The summed E-state index contributed by atoms with van der Waals surface area (Å²) in [5.74, 6) is -0.278. The third-order valence-electron chi connectivity index (χ3n) is 2.38. The quantitative estimate of drug-likeness (QED) is 0.863. The smallest absolute Gasteiger partial charge is 0.270 e. The summed E-state index contributed by atoms with van der Waals surface area (Å²) in [6.45, 7) is 6.20. The van der Waals surface area contributed by atoms with Crippen LogP contribution in [0.5, 0.6) is 0 Å². The minimum Gasteiger partial charge on any atom is -0.354 e. The van der Waals surface area contributed by atoms with Crippen LogP contribution in [-0.4, -0.2) is 29.4 Å². The Labute approximate surface area is 117 Å². The van der Waals surface area contributed by atoms with E-state index in [1.54, 1.807) is 13.0 Å². The van der Waals surface area contributed by atoms with Crippen LogP contribution in [0, 0.1) is 5.92 Å². The van der Waals surface area contributed by atoms with Crippen LogP contribution >= 0.6 is 11.6 Å². The Bertz CT molecular complexity index is 463. The second-order valence-corrected chi connectivity index (χ2v) is 5.13. The molecule has 0 aliphatic carbocycles. The van der Waals surface area contributed by atoms with Crippen molar-refractivity contribution in [3.05, 3.63) is 29.0 Å². The number of amides is 2. The monoisotopic (exact) mass is 283 g/mol. The summed E-state index contributed by atoms with van der Waals surface area (Å²) >= 11 is 5.77. The van der Waals surface area contributed by atoms with Gasteiger partial charge in [-0.2, -0.15) is 0 Å². The predicted molar refractivity (Wildman–Crippen MR) is 74.0 cm³/mol. The standard InChI is InChI=1S/C13H18ClN3O2/c1-8(2)7-16-12(18)9(3)17-13(19)11-6-10(14)4-5-15-11/h4-6,8-9H,7H2,1-3H3,(H,16,18)(H,17,19). The Kier molecular flexibility index (Phi) is 5.76. The Morgan fingerprint density at radius 2 is 2.05 bits per heavy atom. The van der Waals surface area contributed by atoms with E-state index in [9.17, 15) is 9.59 Å². The van der Waals surface area contributed by atoms with Crippen LogP contribution in [0.1, 0.15) is 31.3 Å². The van der Waals surface area contributed by atoms with Crippen molar-refractivity contribution in [2.24, 2.45) is 5.92 Å². The van der Waals surface area contributed by atoms with Crippen LogP contribution < -0.4 is 10.6 Å². The fourth-order valence-electron chi connectivity index (χ4n) is 1.32. The minimum atomic E-state index is -0.618. The van der Waals surface area contributed by atoms with Crippen LogP contribution in [0.15, 0.2) is 18.3 Å². The van der Waals surface area contributed by atoms with Gasteiger partial charge in [-0.15, -0.1) is 0 Å². The van der Waals surface area contributed by atoms with E-state index in [1.165, 1.54) is 12.3 Å². The molecule has 0 fully saturated rings. The first-order valence-electron chi connectivity index (χ1n) is 6.10. The lowest BCUT2D eigenvalue weighted by Crippen LogP contribution is -2.45. The lowest BCUT2D eigenvalue weighted by atomic mass is 10.2. The summed E-state index contributed by atoms with van der Waals surface area (Å²) in [7, 11) is 0. The van der Waals surface area contributed by atoms with Gasteiger partial charge in [-0.25, -0.2) is 0 Å². The molecular formula is C13H18ClN3O2. The number of hydrogen-bond acceptors (Lipinski definition) is 3. The van der Waals surface area contributed by atoms with E-state index in [2.05, 4.69) is 15.6 Å². The molecule has 0 aliphatic rings. The van der Waals surface area contributed by atoms with Gasteiger partial charge in [0.25, 0.3) is 5.91 Å². The Hall–Kier alpha value is -1.62. The second-order valence-electron chi connectivity index (χ2n) is 4.69. The molecule has 0 aromatic carbocycles. The fourth-order valence-corrected chi connectivity index (χ4v) is 1.48. The number of aromatic nitrogens is 1. The molecule has 1 unspecified atom stereocenters. The first-order valence-corrected chi connectivity index (χ1v) is 6.48. The van der Waals surface area contributed by atoms with E-state index in [-0.39, 0.29) is 11.6 Å². The fraction of sp³-hybridized carbons (Fsp3) is 0.462. The first kappa shape index (κ1) is 15.4. The normalized spacial score (nSPS) is 12.1. The summed E-state index contributed by atoms with van der Waals surface area (Å²) < 4.78 is 0. The van der Waals surface area contributed by atoms with Gasteiger partial charge >= 0.3 is 0 Å². The van der Waals surface area contributed by atoms with Crippen LogP contribution in [0.25, 0.3) is 0 Å². The molecule has 1 aromatic heterocycles. The van der Waals surface area contributed by atoms with Gasteiger partial charge in [0.2, 0.25) is 5.91 Å². The predicted octanol–water partition coefficient (Wildman–Crippen LogP) is 1.63. The highest BCUT2D eigenvalue weighted by Gasteiger charge is 2.17. The average Bonchev–Trinajstić information content (AvgIpc) is 2.35. The molecule has 0 saturated carbocycles. The van der Waals surface area contributed by atoms with Crippen LogP contribution in [0.4, 0.5) is 0 Å². The molecule has 0 spiro atoms. The van der Waals surface area contributed by atoms with Gasteiger partial charge in [-0.1, -0.05) is 25.4 Å². The van der Waals surface area contributed by atoms with E-state index in [0.29, 0.717) is 17.5 Å². The second kappa shape index (κ2) is 7.09. The average molecular weight is 284 g/mol. The van der Waals surface area contributed by atoms with Gasteiger partial charge < -0.3 is 10.6 Å². The van der Waals surface area contributed by atoms with Crippen molar-refractivity contribution in [3.63, 3.8) is 0 Å². The molecular weight excluding hydrogens is 266 g/mol. The zero-order valence-electron chi connectivity index (χ0n) is 11.2. The molecule has 2 amide bonds. The molecule has 19 heavy (non-hydrogen) atoms. The summed E-state index contributed by atoms with van der Waals surface area (Å²) in [5, 5.41) is 5.75. The minimum absolute atomic E-state index is 0.191. The maximum absolute atomic E-state index is 11.8. The number of nitrogens with one attached hydrogen (secondary N) is 2. The van der Waals surface area contributed by atoms with E-state index in [1.807, 2.05) is 13.8 Å². The number of hydrogen-bond donors (Lipinski definition) is 2. The molecule has 6 heteroatoms. The van der Waals surface area contributed by atoms with Crippen molar-refractivity contribution < 1.29 is 9.59 Å². The Balaban J connectivity index is 2.54. The third kappa shape index (κ3) is 5.26. The van der Waals surface area contributed by atoms with Gasteiger partial charge in [0.15, 0.2) is 0 Å². The lowest BCUT2D eigenvalue weighted by Gasteiger charge is -2.15. The summed E-state index contributed by atoms with van der Waals surface area (Å²) in [4.78, 5) is 27.4. The topological polar surface area (TPSA) is 71.1 Å². The largest absolute Gasteiger partial charge is 0.354 e. The van der Waals surface area contributed by atoms with E-state index >= 15 is 0 Å². The molecule has 1 atom stereocenters. The van der Waals surface area contributed by atoms with Crippen LogP contribution in [0.3, 0.4) is 0 Å². The number of pyridine rings is 1. The number of nitrogens with zero attached hydrogens (tertiary/aromatic N) is 1.